The Morgan fingerprint density at radius 3 is 2.70 bits per heavy atom. The third kappa shape index (κ3) is 5.75. The largest absolute Gasteiger partial charge is 0.488 e. The van der Waals surface area contributed by atoms with Crippen LogP contribution in [0.15, 0.2) is 70.0 Å². The summed E-state index contributed by atoms with van der Waals surface area (Å²) >= 11 is 15.2. The van der Waals surface area contributed by atoms with Crippen LogP contribution < -0.4 is 15.6 Å². The number of β-lactam (4-membered cyclic amide) rings is 1. The van der Waals surface area contributed by atoms with Crippen molar-refractivity contribution in [2.45, 2.75) is 17.8 Å². The molecule has 1 fully saturated rings. The fraction of sp³-hybridized carbons (Fsp3) is 0.207. The van der Waals surface area contributed by atoms with Gasteiger partial charge in [-0.1, -0.05) is 29.3 Å². The van der Waals surface area contributed by atoms with Crippen LogP contribution in [-0.2, 0) is 25.5 Å². The molecular weight excluding hydrogens is 635 g/mol. The SMILES string of the molecule is COC(=O)C1=C(COc2ccc(Cl)cc2-c2nc3ccc(Cl)cc3c(=O)[nH]2)CSC2C(NC(=O)Cc3cccs3)C(=O)N12. The van der Waals surface area contributed by atoms with E-state index in [4.69, 9.17) is 32.7 Å². The first-order chi connectivity index (χ1) is 20.7. The molecule has 2 aliphatic heterocycles. The Morgan fingerprint density at radius 2 is 1.93 bits per heavy atom. The normalized spacial score (nSPS) is 17.8. The van der Waals surface area contributed by atoms with Gasteiger partial charge in [-0.3, -0.25) is 19.3 Å². The molecule has 0 radical (unpaired) electrons. The minimum atomic E-state index is -0.756. The molecule has 2 atom stereocenters. The number of aromatic nitrogens is 2. The van der Waals surface area contributed by atoms with E-state index in [0.717, 1.165) is 4.88 Å². The number of H-pyrrole nitrogens is 1. The molecule has 2 N–H and O–H groups in total. The highest BCUT2D eigenvalue weighted by Crippen LogP contribution is 2.41. The van der Waals surface area contributed by atoms with Gasteiger partial charge in [0.05, 0.1) is 30.0 Å². The van der Waals surface area contributed by atoms with Crippen LogP contribution in [-0.4, -0.2) is 63.5 Å². The maximum atomic E-state index is 13.2. The van der Waals surface area contributed by atoms with Gasteiger partial charge in [-0.25, -0.2) is 9.78 Å². The molecule has 2 aromatic carbocycles. The van der Waals surface area contributed by atoms with Gasteiger partial charge >= 0.3 is 5.97 Å². The number of fused-ring (bicyclic) bond motifs is 2. The lowest BCUT2D eigenvalue weighted by molar-refractivity contribution is -0.151. The molecule has 6 rings (SSSR count). The van der Waals surface area contributed by atoms with Gasteiger partial charge < -0.3 is 19.8 Å². The van der Waals surface area contributed by atoms with Crippen LogP contribution in [0.3, 0.4) is 0 Å². The van der Waals surface area contributed by atoms with Gasteiger partial charge in [0.1, 0.15) is 35.3 Å². The van der Waals surface area contributed by atoms with Gasteiger partial charge in [0.25, 0.3) is 11.5 Å². The predicted octanol–water partition coefficient (Wildman–Crippen LogP) is 4.41. The summed E-state index contributed by atoms with van der Waals surface area (Å²) in [6.07, 6.45) is 0.173. The van der Waals surface area contributed by atoms with Gasteiger partial charge in [0.2, 0.25) is 5.91 Å². The predicted molar refractivity (Wildman–Crippen MR) is 165 cm³/mol. The van der Waals surface area contributed by atoms with Crippen molar-refractivity contribution in [3.05, 3.63) is 90.5 Å². The van der Waals surface area contributed by atoms with Gasteiger partial charge in [-0.15, -0.1) is 23.1 Å². The molecule has 4 aromatic rings. The number of carbonyl (C=O) groups excluding carboxylic acids is 3. The van der Waals surface area contributed by atoms with Crippen molar-refractivity contribution in [2.24, 2.45) is 0 Å². The molecule has 1 saturated heterocycles. The number of rotatable bonds is 8. The number of methoxy groups -OCH3 is 1. The quantitative estimate of drug-likeness (QED) is 0.211. The van der Waals surface area contributed by atoms with E-state index in [1.807, 2.05) is 17.5 Å². The monoisotopic (exact) mass is 656 g/mol. The highest BCUT2D eigenvalue weighted by molar-refractivity contribution is 8.00. The van der Waals surface area contributed by atoms with E-state index in [2.05, 4.69) is 15.3 Å². The average molecular weight is 658 g/mol. The summed E-state index contributed by atoms with van der Waals surface area (Å²) in [6.45, 7) is -0.0641. The molecule has 4 heterocycles. The number of hydrogen-bond acceptors (Lipinski definition) is 9. The molecule has 0 aliphatic carbocycles. The minimum Gasteiger partial charge on any atom is -0.488 e. The molecule has 2 aliphatic rings. The summed E-state index contributed by atoms with van der Waals surface area (Å²) in [7, 11) is 1.24. The molecule has 14 heteroatoms. The Bertz CT molecular complexity index is 1860. The zero-order chi connectivity index (χ0) is 30.2. The zero-order valence-electron chi connectivity index (χ0n) is 22.4. The van der Waals surface area contributed by atoms with Crippen molar-refractivity contribution in [1.82, 2.24) is 20.2 Å². The van der Waals surface area contributed by atoms with Crippen LogP contribution in [0.4, 0.5) is 0 Å². The maximum Gasteiger partial charge on any atom is 0.354 e. The van der Waals surface area contributed by atoms with Crippen LogP contribution in [0.2, 0.25) is 10.0 Å². The fourth-order valence-electron chi connectivity index (χ4n) is 4.89. The van der Waals surface area contributed by atoms with Crippen molar-refractivity contribution in [1.29, 1.82) is 0 Å². The average Bonchev–Trinajstić information content (AvgIpc) is 3.51. The smallest absolute Gasteiger partial charge is 0.354 e. The molecule has 10 nitrogen and oxygen atoms in total. The maximum absolute atomic E-state index is 13.2. The lowest BCUT2D eigenvalue weighted by Gasteiger charge is -2.49. The first kappa shape index (κ1) is 29.2. The third-order valence-corrected chi connectivity index (χ3v) is 9.61. The van der Waals surface area contributed by atoms with Gasteiger partial charge in [0, 0.05) is 26.2 Å². The van der Waals surface area contributed by atoms with Crippen molar-refractivity contribution < 1.29 is 23.9 Å². The van der Waals surface area contributed by atoms with Crippen LogP contribution in [0, 0.1) is 0 Å². The second kappa shape index (κ2) is 12.0. The van der Waals surface area contributed by atoms with Gasteiger partial charge in [0.15, 0.2) is 0 Å². The molecular formula is C29H22Cl2N4O6S2. The van der Waals surface area contributed by atoms with E-state index >= 15 is 0 Å². The standard InChI is InChI=1S/C29H22Cl2N4O6S2/c1-40-29(39)24-14(13-43-28-23(27(38)35(24)28)33-22(36)11-17-3-2-8-42-17)12-41-21-7-5-16(31)10-19(21)25-32-20-6-4-15(30)9-18(20)26(37)34-25/h2-10,23,28H,11-13H2,1H3,(H,33,36)(H,32,34,37). The first-order valence-electron chi connectivity index (χ1n) is 12.9. The first-order valence-corrected chi connectivity index (χ1v) is 15.6. The molecule has 0 bridgehead atoms. The number of ether oxygens (including phenoxy) is 2. The number of benzene rings is 2. The Kier molecular flexibility index (Phi) is 8.19. The van der Waals surface area contributed by atoms with E-state index in [1.54, 1.807) is 30.3 Å². The Labute approximate surface area is 263 Å². The topological polar surface area (TPSA) is 131 Å². The minimum absolute atomic E-state index is 0.0641. The highest BCUT2D eigenvalue weighted by Gasteiger charge is 2.54. The number of nitrogens with zero attached hydrogens (tertiary/aromatic N) is 2. The summed E-state index contributed by atoms with van der Waals surface area (Å²) < 4.78 is 11.2. The number of carbonyl (C=O) groups is 3. The molecule has 220 valence electrons. The Morgan fingerprint density at radius 1 is 1.14 bits per heavy atom. The van der Waals surface area contributed by atoms with Crippen molar-refractivity contribution in [3.63, 3.8) is 0 Å². The third-order valence-electron chi connectivity index (χ3n) is 6.92. The summed E-state index contributed by atoms with van der Waals surface area (Å²) in [5, 5.41) is 5.37. The van der Waals surface area contributed by atoms with Crippen molar-refractivity contribution >= 4 is 75.0 Å². The zero-order valence-corrected chi connectivity index (χ0v) is 25.5. The fourth-order valence-corrected chi connectivity index (χ4v) is 7.27. The van der Waals surface area contributed by atoms with Crippen LogP contribution in [0.5, 0.6) is 5.75 Å². The van der Waals surface area contributed by atoms with E-state index < -0.39 is 23.3 Å². The van der Waals surface area contributed by atoms with Crippen LogP contribution in [0.25, 0.3) is 22.3 Å². The number of thiophene rings is 1. The molecule has 43 heavy (non-hydrogen) atoms. The Balaban J connectivity index is 1.25. The number of esters is 1. The molecule has 0 saturated carbocycles. The van der Waals surface area contributed by atoms with E-state index in [0.29, 0.717) is 43.6 Å². The summed E-state index contributed by atoms with van der Waals surface area (Å²) in [5.41, 5.74) is 1.10. The van der Waals surface area contributed by atoms with E-state index in [9.17, 15) is 19.2 Å². The van der Waals surface area contributed by atoms with Crippen LogP contribution in [0.1, 0.15) is 4.88 Å². The molecule has 2 amide bonds. The summed E-state index contributed by atoms with van der Waals surface area (Å²) in [6, 6.07) is 12.7. The second-order valence-corrected chi connectivity index (χ2v) is 12.7. The Hall–Kier alpha value is -3.84. The number of amides is 2. The highest BCUT2D eigenvalue weighted by atomic mass is 35.5. The molecule has 2 unspecified atom stereocenters. The lowest BCUT2D eigenvalue weighted by Crippen LogP contribution is -2.70. The summed E-state index contributed by atoms with van der Waals surface area (Å²) in [5.74, 6) is -0.422. The van der Waals surface area contributed by atoms with Gasteiger partial charge in [-0.2, -0.15) is 0 Å². The second-order valence-electron chi connectivity index (χ2n) is 9.66. The number of hydrogen-bond donors (Lipinski definition) is 2. The van der Waals surface area contributed by atoms with E-state index in [-0.39, 0.29) is 36.0 Å². The van der Waals surface area contributed by atoms with Crippen LogP contribution >= 0.6 is 46.3 Å². The van der Waals surface area contributed by atoms with E-state index in [1.165, 1.54) is 41.2 Å². The number of nitrogens with one attached hydrogen (secondary N) is 2. The van der Waals surface area contributed by atoms with Crippen molar-refractivity contribution in [2.75, 3.05) is 19.5 Å². The number of aromatic amines is 1. The summed E-state index contributed by atoms with van der Waals surface area (Å²) in [4.78, 5) is 61.0. The number of thioether (sulfide) groups is 1. The number of halogens is 2. The van der Waals surface area contributed by atoms with Crippen molar-refractivity contribution in [3.8, 4) is 17.1 Å². The lowest BCUT2D eigenvalue weighted by atomic mass is 10.0. The molecule has 0 spiro atoms. The van der Waals surface area contributed by atoms with Gasteiger partial charge in [-0.05, 0) is 47.8 Å². The molecule has 2 aromatic heterocycles.